The van der Waals surface area contributed by atoms with Crippen molar-refractivity contribution in [2.45, 2.75) is 38.9 Å². The molecule has 1 aliphatic heterocycles. The molecule has 0 fully saturated rings. The van der Waals surface area contributed by atoms with Crippen LogP contribution in [0.1, 0.15) is 30.8 Å². The van der Waals surface area contributed by atoms with Gasteiger partial charge in [0, 0.05) is 25.7 Å². The molecular weight excluding hydrogens is 324 g/mol. The highest BCUT2D eigenvalue weighted by Crippen LogP contribution is 2.25. The maximum absolute atomic E-state index is 6.07. The summed E-state index contributed by atoms with van der Waals surface area (Å²) < 4.78 is 5.84. The summed E-state index contributed by atoms with van der Waals surface area (Å²) >= 11 is 6.07. The van der Waals surface area contributed by atoms with Gasteiger partial charge in [-0.15, -0.1) is 11.6 Å². The molecule has 0 radical (unpaired) electrons. The van der Waals surface area contributed by atoms with Crippen LogP contribution in [0, 0.1) is 0 Å². The molecule has 0 saturated heterocycles. The van der Waals surface area contributed by atoms with E-state index in [0.29, 0.717) is 24.9 Å². The number of hydrogen-bond acceptors (Lipinski definition) is 5. The number of hydrogen-bond donors (Lipinski definition) is 1. The minimum atomic E-state index is 0.264. The van der Waals surface area contributed by atoms with Crippen molar-refractivity contribution in [2.75, 3.05) is 18.5 Å². The molecule has 0 atom stereocenters. The van der Waals surface area contributed by atoms with Crippen LogP contribution >= 0.6 is 11.6 Å². The lowest BCUT2D eigenvalue weighted by molar-refractivity contribution is 0.217. The van der Waals surface area contributed by atoms with E-state index in [4.69, 9.17) is 21.3 Å². The van der Waals surface area contributed by atoms with E-state index in [0.717, 1.165) is 30.3 Å². The van der Waals surface area contributed by atoms with Crippen molar-refractivity contribution in [2.24, 2.45) is 0 Å². The first-order valence-electron chi connectivity index (χ1n) is 8.27. The Labute approximate surface area is 148 Å². The molecule has 1 N–H and O–H groups in total. The number of nitrogens with one attached hydrogen (secondary N) is 1. The Morgan fingerprint density at radius 1 is 1.25 bits per heavy atom. The van der Waals surface area contributed by atoms with Crippen molar-refractivity contribution < 1.29 is 4.74 Å². The molecule has 0 saturated carbocycles. The molecule has 0 amide bonds. The van der Waals surface area contributed by atoms with Gasteiger partial charge in [0.15, 0.2) is 5.82 Å². The summed E-state index contributed by atoms with van der Waals surface area (Å²) in [5.74, 6) is 1.66. The molecule has 0 aliphatic carbocycles. The Morgan fingerprint density at radius 2 is 2.04 bits per heavy atom. The first-order valence-corrected chi connectivity index (χ1v) is 8.80. The van der Waals surface area contributed by atoms with Crippen molar-refractivity contribution in [3.63, 3.8) is 0 Å². The zero-order valence-corrected chi connectivity index (χ0v) is 14.9. The average Bonchev–Trinajstić information content (AvgIpc) is 2.76. The summed E-state index contributed by atoms with van der Waals surface area (Å²) in [5, 5.41) is 3.29. The maximum Gasteiger partial charge on any atom is 0.239 e. The van der Waals surface area contributed by atoms with Gasteiger partial charge in [0.25, 0.3) is 0 Å². The number of aromatic nitrogens is 2. The lowest BCUT2D eigenvalue weighted by Crippen LogP contribution is -2.25. The Morgan fingerprint density at radius 3 is 2.75 bits per heavy atom. The molecule has 1 aromatic heterocycles. The molecule has 2 heterocycles. The lowest BCUT2D eigenvalue weighted by Gasteiger charge is -2.19. The standard InChI is InChI=1S/C18H23ClN4O/c1-13(2)20-17-15(10-19)21-16-12-23(8-9-24-18(16)22-17)11-14-6-4-3-5-7-14/h3-7,13H,8-12H2,1-2H3,(H,20,22). The zero-order chi connectivity index (χ0) is 16.9. The van der Waals surface area contributed by atoms with Crippen molar-refractivity contribution in [1.82, 2.24) is 14.9 Å². The fraction of sp³-hybridized carbons (Fsp3) is 0.444. The first kappa shape index (κ1) is 17.0. The molecule has 5 nitrogen and oxygen atoms in total. The van der Waals surface area contributed by atoms with Crippen LogP contribution in [0.5, 0.6) is 5.88 Å². The molecule has 1 aliphatic rings. The fourth-order valence-electron chi connectivity index (χ4n) is 2.73. The summed E-state index contributed by atoms with van der Waals surface area (Å²) in [6.07, 6.45) is 0. The molecule has 24 heavy (non-hydrogen) atoms. The van der Waals surface area contributed by atoms with Gasteiger partial charge in [-0.05, 0) is 19.4 Å². The Hall–Kier alpha value is -1.85. The quantitative estimate of drug-likeness (QED) is 0.840. The van der Waals surface area contributed by atoms with E-state index in [1.54, 1.807) is 0 Å². The molecule has 0 spiro atoms. The number of benzene rings is 1. The SMILES string of the molecule is CC(C)Nc1nc2c(nc1CCl)CN(Cc1ccccc1)CCO2. The van der Waals surface area contributed by atoms with Crippen molar-refractivity contribution in [1.29, 1.82) is 0 Å². The highest BCUT2D eigenvalue weighted by molar-refractivity contribution is 6.17. The van der Waals surface area contributed by atoms with Crippen LogP contribution < -0.4 is 10.1 Å². The number of halogens is 1. The van der Waals surface area contributed by atoms with E-state index in [1.807, 2.05) is 6.07 Å². The second kappa shape index (κ2) is 7.81. The van der Waals surface area contributed by atoms with Crippen molar-refractivity contribution in [3.05, 3.63) is 47.3 Å². The first-order chi connectivity index (χ1) is 11.7. The molecule has 3 rings (SSSR count). The summed E-state index contributed by atoms with van der Waals surface area (Å²) in [5.41, 5.74) is 2.91. The second-order valence-corrected chi connectivity index (χ2v) is 6.52. The third kappa shape index (κ3) is 4.16. The van der Waals surface area contributed by atoms with Gasteiger partial charge in [0.1, 0.15) is 12.3 Å². The molecule has 2 aromatic rings. The largest absolute Gasteiger partial charge is 0.475 e. The fourth-order valence-corrected chi connectivity index (χ4v) is 2.92. The van der Waals surface area contributed by atoms with E-state index >= 15 is 0 Å². The molecule has 6 heteroatoms. The predicted octanol–water partition coefficient (Wildman–Crippen LogP) is 3.43. The third-order valence-corrected chi connectivity index (χ3v) is 4.08. The smallest absolute Gasteiger partial charge is 0.239 e. The lowest BCUT2D eigenvalue weighted by atomic mass is 10.2. The highest BCUT2D eigenvalue weighted by Gasteiger charge is 2.21. The maximum atomic E-state index is 6.07. The number of nitrogens with zero attached hydrogens (tertiary/aromatic N) is 3. The minimum absolute atomic E-state index is 0.264. The van der Waals surface area contributed by atoms with Gasteiger partial charge >= 0.3 is 0 Å². The van der Waals surface area contributed by atoms with Gasteiger partial charge in [-0.2, -0.15) is 4.98 Å². The summed E-state index contributed by atoms with van der Waals surface area (Å²) in [7, 11) is 0. The molecule has 0 bridgehead atoms. The van der Waals surface area contributed by atoms with Crippen LogP contribution in [-0.4, -0.2) is 34.1 Å². The van der Waals surface area contributed by atoms with Gasteiger partial charge in [-0.1, -0.05) is 30.3 Å². The molecule has 0 unspecified atom stereocenters. The number of ether oxygens (including phenoxy) is 1. The van der Waals surface area contributed by atoms with E-state index in [-0.39, 0.29) is 6.04 Å². The molecule has 128 valence electrons. The second-order valence-electron chi connectivity index (χ2n) is 6.25. The number of fused-ring (bicyclic) bond motifs is 1. The van der Waals surface area contributed by atoms with Gasteiger partial charge in [0.05, 0.1) is 11.6 Å². The van der Waals surface area contributed by atoms with Gasteiger partial charge in [0.2, 0.25) is 5.88 Å². The van der Waals surface area contributed by atoms with Crippen molar-refractivity contribution >= 4 is 17.4 Å². The van der Waals surface area contributed by atoms with Crippen LogP contribution in [0.3, 0.4) is 0 Å². The minimum Gasteiger partial charge on any atom is -0.475 e. The van der Waals surface area contributed by atoms with Gasteiger partial charge in [-0.3, -0.25) is 4.90 Å². The van der Waals surface area contributed by atoms with E-state index in [9.17, 15) is 0 Å². The average molecular weight is 347 g/mol. The Balaban J connectivity index is 1.82. The molecule has 1 aromatic carbocycles. The summed E-state index contributed by atoms with van der Waals surface area (Å²) in [4.78, 5) is 11.7. The number of anilines is 1. The summed E-state index contributed by atoms with van der Waals surface area (Å²) in [6.45, 7) is 7.16. The topological polar surface area (TPSA) is 50.3 Å². The van der Waals surface area contributed by atoms with Crippen LogP contribution in [0.25, 0.3) is 0 Å². The van der Waals surface area contributed by atoms with Crippen LogP contribution in [-0.2, 0) is 19.0 Å². The predicted molar refractivity (Wildman–Crippen MR) is 96.4 cm³/mol. The normalized spacial score (nSPS) is 14.8. The van der Waals surface area contributed by atoms with Gasteiger partial charge < -0.3 is 10.1 Å². The van der Waals surface area contributed by atoms with E-state index < -0.39 is 0 Å². The Kier molecular flexibility index (Phi) is 5.53. The third-order valence-electron chi connectivity index (χ3n) is 3.82. The van der Waals surface area contributed by atoms with Crippen LogP contribution in [0.15, 0.2) is 30.3 Å². The van der Waals surface area contributed by atoms with Crippen molar-refractivity contribution in [3.8, 4) is 5.88 Å². The zero-order valence-electron chi connectivity index (χ0n) is 14.1. The van der Waals surface area contributed by atoms with E-state index in [1.165, 1.54) is 5.56 Å². The van der Waals surface area contributed by atoms with Crippen LogP contribution in [0.2, 0.25) is 0 Å². The van der Waals surface area contributed by atoms with Crippen LogP contribution in [0.4, 0.5) is 5.82 Å². The number of alkyl halides is 1. The monoisotopic (exact) mass is 346 g/mol. The number of rotatable bonds is 5. The van der Waals surface area contributed by atoms with E-state index in [2.05, 4.69) is 53.3 Å². The summed E-state index contributed by atoms with van der Waals surface area (Å²) in [6, 6.07) is 10.7. The Bertz CT molecular complexity index is 678. The molecular formula is C18H23ClN4O. The highest BCUT2D eigenvalue weighted by atomic mass is 35.5. The van der Waals surface area contributed by atoms with Gasteiger partial charge in [-0.25, -0.2) is 4.98 Å².